The highest BCUT2D eigenvalue weighted by Gasteiger charge is 2.28. The summed E-state index contributed by atoms with van der Waals surface area (Å²) in [4.78, 5) is 9.42. The van der Waals surface area contributed by atoms with Gasteiger partial charge in [-0.2, -0.15) is 0 Å². The van der Waals surface area contributed by atoms with Crippen molar-refractivity contribution in [1.82, 2.24) is 9.88 Å². The molecule has 1 fully saturated rings. The van der Waals surface area contributed by atoms with Crippen molar-refractivity contribution in [3.63, 3.8) is 0 Å². The van der Waals surface area contributed by atoms with Gasteiger partial charge in [0.05, 0.1) is 10.2 Å². The smallest absolute Gasteiger partial charge is 0.186 e. The molecule has 1 unspecified atom stereocenters. The Balaban J connectivity index is 0.00000136. The maximum atomic E-state index is 13.3. The van der Waals surface area contributed by atoms with Gasteiger partial charge in [0, 0.05) is 25.7 Å². The molecule has 5 rings (SSSR count). The second kappa shape index (κ2) is 10.2. The fraction of sp³-hybridized carbons (Fsp3) is 0.409. The number of hydrogen-bond acceptors (Lipinski definition) is 6. The van der Waals surface area contributed by atoms with Crippen LogP contribution in [-0.2, 0) is 0 Å². The highest BCUT2D eigenvalue weighted by Crippen LogP contribution is 2.34. The minimum Gasteiger partial charge on any atom is -0.484 e. The molecule has 0 N–H and O–H groups in total. The fourth-order valence-corrected chi connectivity index (χ4v) is 5.10. The summed E-state index contributed by atoms with van der Waals surface area (Å²) < 4.78 is 26.3. The van der Waals surface area contributed by atoms with E-state index in [4.69, 9.17) is 14.5 Å². The summed E-state index contributed by atoms with van der Waals surface area (Å²) in [6.45, 7) is 3.43. The number of likely N-dealkylation sites (N-methyl/N-ethyl adjacent to an activating group) is 1. The molecule has 1 aromatic heterocycles. The van der Waals surface area contributed by atoms with Crippen molar-refractivity contribution in [2.75, 3.05) is 38.2 Å². The van der Waals surface area contributed by atoms with E-state index in [0.29, 0.717) is 24.0 Å². The lowest BCUT2D eigenvalue weighted by atomic mass is 9.96. The molecule has 9 heteroatoms. The first kappa shape index (κ1) is 23.9. The van der Waals surface area contributed by atoms with Crippen LogP contribution in [-0.4, -0.2) is 49.4 Å². The molecule has 0 saturated carbocycles. The monoisotopic (exact) mass is 485 g/mol. The Morgan fingerprint density at radius 2 is 1.90 bits per heavy atom. The van der Waals surface area contributed by atoms with Crippen LogP contribution in [0.5, 0.6) is 11.5 Å². The van der Waals surface area contributed by atoms with Crippen LogP contribution in [0.3, 0.4) is 0 Å². The Kier molecular flexibility index (Phi) is 7.86. The van der Waals surface area contributed by atoms with Gasteiger partial charge in [-0.1, -0.05) is 23.5 Å². The van der Waals surface area contributed by atoms with Crippen LogP contribution in [0.15, 0.2) is 42.5 Å². The molecule has 0 bridgehead atoms. The van der Waals surface area contributed by atoms with E-state index in [1.807, 2.05) is 6.07 Å². The van der Waals surface area contributed by atoms with Crippen LogP contribution in [0.25, 0.3) is 10.2 Å². The first-order valence-electron chi connectivity index (χ1n) is 10.1. The van der Waals surface area contributed by atoms with E-state index in [9.17, 15) is 4.39 Å². The van der Waals surface area contributed by atoms with Crippen LogP contribution >= 0.6 is 36.2 Å². The van der Waals surface area contributed by atoms with Crippen molar-refractivity contribution in [2.24, 2.45) is 5.92 Å². The maximum absolute atomic E-state index is 13.3. The topological polar surface area (TPSA) is 37.8 Å². The first-order valence-corrected chi connectivity index (χ1v) is 10.9. The fourth-order valence-electron chi connectivity index (χ4n) is 4.08. The Bertz CT molecular complexity index is 980. The molecule has 31 heavy (non-hydrogen) atoms. The van der Waals surface area contributed by atoms with Gasteiger partial charge >= 0.3 is 0 Å². The summed E-state index contributed by atoms with van der Waals surface area (Å²) in [6, 6.07) is 12.7. The van der Waals surface area contributed by atoms with Gasteiger partial charge < -0.3 is 14.4 Å². The van der Waals surface area contributed by atoms with Crippen molar-refractivity contribution in [2.45, 2.75) is 19.1 Å². The van der Waals surface area contributed by atoms with Crippen molar-refractivity contribution in [1.29, 1.82) is 0 Å². The molecule has 168 valence electrons. The lowest BCUT2D eigenvalue weighted by Gasteiger charge is -2.37. The van der Waals surface area contributed by atoms with Crippen LogP contribution in [0.4, 0.5) is 9.52 Å². The normalized spacial score (nSPS) is 18.5. The number of ether oxygens (including phenoxy) is 2. The largest absolute Gasteiger partial charge is 0.484 e. The quantitative estimate of drug-likeness (QED) is 0.505. The highest BCUT2D eigenvalue weighted by atomic mass is 35.5. The Hall–Kier alpha value is -1.80. The third-order valence-electron chi connectivity index (χ3n) is 5.76. The molecule has 0 aliphatic carbocycles. The summed E-state index contributed by atoms with van der Waals surface area (Å²) in [6.07, 6.45) is 2.13. The van der Waals surface area contributed by atoms with Gasteiger partial charge in [-0.15, -0.1) is 24.8 Å². The van der Waals surface area contributed by atoms with Gasteiger partial charge in [0.1, 0.15) is 12.4 Å². The molecule has 2 aliphatic heterocycles. The van der Waals surface area contributed by atoms with Gasteiger partial charge in [-0.3, -0.25) is 4.90 Å². The summed E-state index contributed by atoms with van der Waals surface area (Å²) in [5.41, 5.74) is 1.09. The van der Waals surface area contributed by atoms with Crippen molar-refractivity contribution in [3.8, 4) is 11.5 Å². The molecule has 3 heterocycles. The van der Waals surface area contributed by atoms with Crippen molar-refractivity contribution >= 4 is 51.5 Å². The number of thiazole rings is 1. The van der Waals surface area contributed by atoms with Crippen LogP contribution < -0.4 is 14.4 Å². The summed E-state index contributed by atoms with van der Waals surface area (Å²) in [7, 11) is 2.07. The van der Waals surface area contributed by atoms with E-state index in [1.165, 1.54) is 16.8 Å². The second-order valence-corrected chi connectivity index (χ2v) is 8.82. The predicted molar refractivity (Wildman–Crippen MR) is 128 cm³/mol. The summed E-state index contributed by atoms with van der Waals surface area (Å²) >= 11 is 1.78. The molecular weight excluding hydrogens is 460 g/mol. The molecule has 0 radical (unpaired) electrons. The number of para-hydroxylation sites is 1. The lowest BCUT2D eigenvalue weighted by molar-refractivity contribution is -0.0234. The molecular formula is C22H26Cl2FN3O2S. The minimum atomic E-state index is -0.306. The molecule has 2 aliphatic rings. The molecule has 0 amide bonds. The van der Waals surface area contributed by atoms with Crippen molar-refractivity contribution in [3.05, 3.63) is 48.3 Å². The average Bonchev–Trinajstić information content (AvgIpc) is 3.18. The number of halogens is 3. The second-order valence-electron chi connectivity index (χ2n) is 7.81. The molecule has 0 spiro atoms. The zero-order chi connectivity index (χ0) is 19.8. The number of piperidine rings is 1. The molecule has 1 saturated heterocycles. The van der Waals surface area contributed by atoms with E-state index < -0.39 is 0 Å². The van der Waals surface area contributed by atoms with E-state index in [0.717, 1.165) is 43.1 Å². The first-order chi connectivity index (χ1) is 14.2. The molecule has 3 aromatic rings. The Morgan fingerprint density at radius 1 is 1.13 bits per heavy atom. The Morgan fingerprint density at radius 3 is 2.68 bits per heavy atom. The van der Waals surface area contributed by atoms with E-state index in [2.05, 4.69) is 35.0 Å². The van der Waals surface area contributed by atoms with E-state index in [-0.39, 0.29) is 36.9 Å². The highest BCUT2D eigenvalue weighted by molar-refractivity contribution is 7.22. The number of hydrogen-bond donors (Lipinski definition) is 0. The summed E-state index contributed by atoms with van der Waals surface area (Å²) in [5.74, 6) is 1.40. The zero-order valence-electron chi connectivity index (χ0n) is 17.2. The Labute approximate surface area is 198 Å². The van der Waals surface area contributed by atoms with E-state index >= 15 is 0 Å². The molecule has 5 nitrogen and oxygen atoms in total. The predicted octanol–water partition coefficient (Wildman–Crippen LogP) is 5.22. The summed E-state index contributed by atoms with van der Waals surface area (Å²) in [5, 5.41) is 1.13. The number of anilines is 1. The number of fused-ring (bicyclic) bond motifs is 2. The third-order valence-corrected chi connectivity index (χ3v) is 6.85. The maximum Gasteiger partial charge on any atom is 0.186 e. The van der Waals surface area contributed by atoms with Gasteiger partial charge in [-0.25, -0.2) is 9.37 Å². The number of nitrogens with zero attached hydrogens (tertiary/aromatic N) is 3. The molecule has 1 atom stereocenters. The lowest BCUT2D eigenvalue weighted by Crippen LogP contribution is -2.46. The van der Waals surface area contributed by atoms with Gasteiger partial charge in [0.25, 0.3) is 0 Å². The van der Waals surface area contributed by atoms with Gasteiger partial charge in [-0.05, 0) is 50.1 Å². The van der Waals surface area contributed by atoms with Crippen LogP contribution in [0.2, 0.25) is 0 Å². The van der Waals surface area contributed by atoms with Gasteiger partial charge in [0.2, 0.25) is 0 Å². The standard InChI is InChI=1S/C22H24FN3O2S.2ClH/c1-25(21-14-27-19-12-16(23)6-7-18(19)28-21)13-15-8-10-26(11-9-15)22-24-17-4-2-3-5-20(17)29-22;;/h2-7,12,15,21H,8-11,13-14H2,1H3;2*1H. The number of rotatable bonds is 4. The molecule has 2 aromatic carbocycles. The minimum absolute atomic E-state index is 0. The van der Waals surface area contributed by atoms with Gasteiger partial charge in [0.15, 0.2) is 22.9 Å². The van der Waals surface area contributed by atoms with Crippen LogP contribution in [0.1, 0.15) is 12.8 Å². The zero-order valence-corrected chi connectivity index (χ0v) is 19.6. The average molecular weight is 486 g/mol. The number of aromatic nitrogens is 1. The van der Waals surface area contributed by atoms with Crippen molar-refractivity contribution < 1.29 is 13.9 Å². The number of benzene rings is 2. The van der Waals surface area contributed by atoms with Crippen LogP contribution in [0, 0.1) is 11.7 Å². The van der Waals surface area contributed by atoms with E-state index in [1.54, 1.807) is 17.4 Å². The SMILES string of the molecule is CN(CC1CCN(c2nc3ccccc3s2)CC1)C1COc2cc(F)ccc2O1.Cl.Cl. The third kappa shape index (κ3) is 5.17.